The Morgan fingerprint density at radius 2 is 1.68 bits per heavy atom. The highest BCUT2D eigenvalue weighted by atomic mass is 19.3. The Morgan fingerprint density at radius 3 is 2.11 bits per heavy atom. The van der Waals surface area contributed by atoms with Gasteiger partial charge in [0.1, 0.15) is 0 Å². The third-order valence-corrected chi connectivity index (χ3v) is 4.15. The summed E-state index contributed by atoms with van der Waals surface area (Å²) in [6.07, 6.45) is 2.39. The van der Waals surface area contributed by atoms with Gasteiger partial charge in [0, 0.05) is 31.9 Å². The van der Waals surface area contributed by atoms with Crippen molar-refractivity contribution in [3.63, 3.8) is 0 Å². The van der Waals surface area contributed by atoms with Gasteiger partial charge in [-0.25, -0.2) is 8.78 Å². The molecule has 1 saturated carbocycles. The minimum Gasteiger partial charge on any atom is -0.384 e. The first-order valence-corrected chi connectivity index (χ1v) is 6.92. The van der Waals surface area contributed by atoms with Crippen LogP contribution >= 0.6 is 0 Å². The van der Waals surface area contributed by atoms with Crippen LogP contribution in [0.4, 0.5) is 13.2 Å². The molecule has 0 N–H and O–H groups in total. The Bertz CT molecular complexity index is 257. The monoisotopic (exact) mass is 281 g/mol. The molecular weight excluding hydrogens is 255 g/mol. The zero-order valence-electron chi connectivity index (χ0n) is 12.2. The predicted octanol–water partition coefficient (Wildman–Crippen LogP) is 3.37. The van der Waals surface area contributed by atoms with Crippen molar-refractivity contribution in [3.05, 3.63) is 0 Å². The second-order valence-electron chi connectivity index (χ2n) is 6.10. The summed E-state index contributed by atoms with van der Waals surface area (Å²) in [5.74, 6) is -1.67. The van der Waals surface area contributed by atoms with Gasteiger partial charge in [-0.2, -0.15) is 0 Å². The molecule has 0 aromatic heterocycles. The molecule has 1 heterocycles. The third kappa shape index (κ3) is 4.63. The van der Waals surface area contributed by atoms with E-state index in [1.807, 2.05) is 0 Å². The van der Waals surface area contributed by atoms with Crippen LogP contribution in [-0.4, -0.2) is 51.4 Å². The second-order valence-corrected chi connectivity index (χ2v) is 6.10. The minimum absolute atomic E-state index is 0.000106. The summed E-state index contributed by atoms with van der Waals surface area (Å²) in [7, 11) is 2.11. The molecule has 0 radical (unpaired) electrons. The van der Waals surface area contributed by atoms with Crippen LogP contribution in [0.2, 0.25) is 0 Å². The van der Waals surface area contributed by atoms with Crippen LogP contribution < -0.4 is 0 Å². The highest BCUT2D eigenvalue weighted by molar-refractivity contribution is 5.01. The van der Waals surface area contributed by atoms with E-state index in [2.05, 4.69) is 11.8 Å². The molecule has 5 heteroatoms. The number of hydrogen-bond acceptors (Lipinski definition) is 2. The lowest BCUT2D eigenvalue weighted by molar-refractivity contribution is -0.187. The van der Waals surface area contributed by atoms with Crippen LogP contribution in [0.15, 0.2) is 0 Å². The molecule has 0 spiro atoms. The third-order valence-electron chi connectivity index (χ3n) is 4.15. The summed E-state index contributed by atoms with van der Waals surface area (Å²) in [5.41, 5.74) is -0.293. The van der Waals surface area contributed by atoms with Crippen LogP contribution in [0.3, 0.4) is 0 Å². The zero-order valence-corrected chi connectivity index (χ0v) is 12.2. The van der Waals surface area contributed by atoms with Crippen molar-refractivity contribution in [3.8, 4) is 0 Å². The molecular formula is C14H26F3NO. The summed E-state index contributed by atoms with van der Waals surface area (Å²) < 4.78 is 40.8. The normalized spacial score (nSPS) is 26.2. The Kier molecular flexibility index (Phi) is 6.12. The van der Waals surface area contributed by atoms with Gasteiger partial charge in [-0.15, -0.1) is 0 Å². The van der Waals surface area contributed by atoms with Gasteiger partial charge in [0.05, 0.1) is 13.8 Å². The topological polar surface area (TPSA) is 12.5 Å². The number of piperidine rings is 1. The molecule has 0 amide bonds. The Morgan fingerprint density at radius 1 is 1.16 bits per heavy atom. The lowest BCUT2D eigenvalue weighted by Crippen LogP contribution is -2.55. The standard InChI is InChI=1S/C13H23F2NO.CH3F/c1-11-3-5-16(6-4-11)9-12(10-17-2)7-13(14,15)8-12;1-2/h11H,3-10H2,1-2H3;1H3. The number of likely N-dealkylation sites (tertiary alicyclic amines) is 1. The molecule has 0 bridgehead atoms. The lowest BCUT2D eigenvalue weighted by Gasteiger charge is -2.50. The number of hydrogen-bond donors (Lipinski definition) is 0. The molecule has 2 fully saturated rings. The summed E-state index contributed by atoms with van der Waals surface area (Å²) >= 11 is 0. The van der Waals surface area contributed by atoms with Crippen LogP contribution in [0.5, 0.6) is 0 Å². The van der Waals surface area contributed by atoms with Gasteiger partial charge < -0.3 is 9.64 Å². The maximum Gasteiger partial charge on any atom is 0.249 e. The molecule has 2 rings (SSSR count). The lowest BCUT2D eigenvalue weighted by atomic mass is 9.66. The molecule has 0 aromatic rings. The van der Waals surface area contributed by atoms with Crippen molar-refractivity contribution >= 4 is 0 Å². The molecule has 0 unspecified atom stereocenters. The molecule has 0 atom stereocenters. The van der Waals surface area contributed by atoms with Gasteiger partial charge in [0.15, 0.2) is 0 Å². The van der Waals surface area contributed by atoms with E-state index in [4.69, 9.17) is 4.74 Å². The highest BCUT2D eigenvalue weighted by Crippen LogP contribution is 2.52. The van der Waals surface area contributed by atoms with Crippen LogP contribution in [-0.2, 0) is 4.74 Å². The first kappa shape index (κ1) is 16.8. The quantitative estimate of drug-likeness (QED) is 0.783. The van der Waals surface area contributed by atoms with Gasteiger partial charge in [0.2, 0.25) is 5.92 Å². The molecule has 1 saturated heterocycles. The van der Waals surface area contributed by atoms with Gasteiger partial charge in [0.25, 0.3) is 0 Å². The molecule has 1 aliphatic heterocycles. The Labute approximate surface area is 114 Å². The average Bonchev–Trinajstić information content (AvgIpc) is 2.33. The van der Waals surface area contributed by atoms with Gasteiger partial charge >= 0.3 is 0 Å². The summed E-state index contributed by atoms with van der Waals surface area (Å²) in [6, 6.07) is 0. The van der Waals surface area contributed by atoms with Crippen molar-refractivity contribution in [2.45, 2.75) is 38.5 Å². The van der Waals surface area contributed by atoms with E-state index < -0.39 is 5.92 Å². The Balaban J connectivity index is 0.000000861. The van der Waals surface area contributed by atoms with Crippen LogP contribution in [0.1, 0.15) is 32.6 Å². The molecule has 2 nitrogen and oxygen atoms in total. The first-order chi connectivity index (χ1) is 8.95. The van der Waals surface area contributed by atoms with E-state index in [1.54, 1.807) is 7.11 Å². The van der Waals surface area contributed by atoms with Gasteiger partial charge in [-0.3, -0.25) is 4.39 Å². The summed E-state index contributed by atoms with van der Waals surface area (Å²) in [5, 5.41) is 0. The molecule has 1 aliphatic carbocycles. The van der Waals surface area contributed by atoms with Crippen molar-refractivity contribution in [1.29, 1.82) is 0 Å². The van der Waals surface area contributed by atoms with Crippen LogP contribution in [0, 0.1) is 11.3 Å². The van der Waals surface area contributed by atoms with E-state index in [0.29, 0.717) is 13.8 Å². The second kappa shape index (κ2) is 6.93. The van der Waals surface area contributed by atoms with Gasteiger partial charge in [-0.1, -0.05) is 6.92 Å². The zero-order chi connectivity index (χ0) is 14.5. The fourth-order valence-corrected chi connectivity index (χ4v) is 3.31. The first-order valence-electron chi connectivity index (χ1n) is 6.92. The average molecular weight is 281 g/mol. The number of rotatable bonds is 4. The number of methoxy groups -OCH3 is 1. The van der Waals surface area contributed by atoms with Crippen LogP contribution in [0.25, 0.3) is 0 Å². The fourth-order valence-electron chi connectivity index (χ4n) is 3.31. The van der Waals surface area contributed by atoms with E-state index in [-0.39, 0.29) is 18.3 Å². The maximum absolute atomic E-state index is 13.1. The smallest absolute Gasteiger partial charge is 0.249 e. The number of halogens is 3. The number of nitrogens with zero attached hydrogens (tertiary/aromatic N) is 1. The maximum atomic E-state index is 13.1. The molecule has 19 heavy (non-hydrogen) atoms. The highest BCUT2D eigenvalue weighted by Gasteiger charge is 2.56. The molecule has 114 valence electrons. The van der Waals surface area contributed by atoms with E-state index in [0.717, 1.165) is 25.6 Å². The van der Waals surface area contributed by atoms with Crippen molar-refractivity contribution in [2.24, 2.45) is 11.3 Å². The number of alkyl halides is 3. The predicted molar refractivity (Wildman–Crippen MR) is 70.4 cm³/mol. The molecule has 0 aromatic carbocycles. The SMILES string of the molecule is CF.COCC1(CN2CCC(C)CC2)CC(F)(F)C1. The van der Waals surface area contributed by atoms with Crippen molar-refractivity contribution in [2.75, 3.05) is 40.5 Å². The van der Waals surface area contributed by atoms with E-state index in [9.17, 15) is 13.2 Å². The fraction of sp³-hybridized carbons (Fsp3) is 1.00. The van der Waals surface area contributed by atoms with Crippen molar-refractivity contribution < 1.29 is 17.9 Å². The summed E-state index contributed by atoms with van der Waals surface area (Å²) in [4.78, 5) is 2.34. The largest absolute Gasteiger partial charge is 0.384 e. The minimum atomic E-state index is -2.46. The Hall–Kier alpha value is -0.290. The van der Waals surface area contributed by atoms with Gasteiger partial charge in [-0.05, 0) is 31.8 Å². The number of ether oxygens (including phenoxy) is 1. The van der Waals surface area contributed by atoms with Crippen molar-refractivity contribution in [1.82, 2.24) is 4.90 Å². The molecule has 2 aliphatic rings. The summed E-state index contributed by atoms with van der Waals surface area (Å²) in [6.45, 7) is 5.62. The van der Waals surface area contributed by atoms with E-state index >= 15 is 0 Å². The van der Waals surface area contributed by atoms with E-state index in [1.165, 1.54) is 12.8 Å².